The maximum Gasteiger partial charge on any atom is 0.187 e. The first-order valence-electron chi connectivity index (χ1n) is 10.5. The van der Waals surface area contributed by atoms with E-state index in [-0.39, 0.29) is 6.61 Å². The van der Waals surface area contributed by atoms with Crippen LogP contribution in [0.2, 0.25) is 0 Å². The Hall–Kier alpha value is -0.600. The Kier molecular flexibility index (Phi) is 9.35. The molecule has 0 aromatic rings. The minimum absolute atomic E-state index is 0.222. The highest BCUT2D eigenvalue weighted by molar-refractivity contribution is 4.95. The lowest BCUT2D eigenvalue weighted by molar-refractivity contribution is -0.363. The van der Waals surface area contributed by atoms with Gasteiger partial charge < -0.3 is 74.7 Å². The van der Waals surface area contributed by atoms with E-state index in [2.05, 4.69) is 0 Å². The molecule has 3 rings (SSSR count). The van der Waals surface area contributed by atoms with E-state index in [1.807, 2.05) is 0 Å². The molecular weight excluding hydrogens is 456 g/mol. The van der Waals surface area contributed by atoms with E-state index in [0.29, 0.717) is 0 Å². The van der Waals surface area contributed by atoms with Crippen molar-refractivity contribution in [2.45, 2.75) is 85.8 Å². The molecule has 0 aromatic carbocycles. The number of aliphatic hydroxyl groups excluding tert-OH is 10. The second-order valence-electron chi connectivity index (χ2n) is 8.22. The molecule has 3 fully saturated rings. The second-order valence-corrected chi connectivity index (χ2v) is 8.22. The summed E-state index contributed by atoms with van der Waals surface area (Å²) in [5, 5.41) is 98.8. The van der Waals surface area contributed by atoms with Gasteiger partial charge in [-0.3, -0.25) is 0 Å². The van der Waals surface area contributed by atoms with Crippen molar-refractivity contribution in [3.63, 3.8) is 0 Å². The lowest BCUT2D eigenvalue weighted by Gasteiger charge is -2.46. The zero-order valence-corrected chi connectivity index (χ0v) is 17.4. The summed E-state index contributed by atoms with van der Waals surface area (Å²) in [5.41, 5.74) is 0. The Morgan fingerprint density at radius 2 is 1.27 bits per heavy atom. The van der Waals surface area contributed by atoms with Crippen molar-refractivity contribution >= 4 is 0 Å². The molecule has 0 aliphatic carbocycles. The van der Waals surface area contributed by atoms with Gasteiger partial charge in [0.2, 0.25) is 0 Å². The van der Waals surface area contributed by atoms with E-state index < -0.39 is 106 Å². The van der Waals surface area contributed by atoms with Crippen molar-refractivity contribution < 1.29 is 74.7 Å². The second kappa shape index (κ2) is 11.4. The summed E-state index contributed by atoms with van der Waals surface area (Å²) in [5.74, 6) is 0. The predicted octanol–water partition coefficient (Wildman–Crippen LogP) is -6.89. The van der Waals surface area contributed by atoms with Gasteiger partial charge in [0, 0.05) is 0 Å². The normalized spacial score (nSPS) is 49.8. The fraction of sp³-hybridized carbons (Fsp3) is 1.00. The van der Waals surface area contributed by atoms with E-state index in [4.69, 9.17) is 28.8 Å². The number of rotatable bonds is 8. The fourth-order valence-corrected chi connectivity index (χ4v) is 4.02. The molecule has 0 aromatic heterocycles. The number of hydrogen-bond donors (Lipinski definition) is 10. The summed E-state index contributed by atoms with van der Waals surface area (Å²) in [6.45, 7) is -2.35. The monoisotopic (exact) mass is 488 g/mol. The minimum atomic E-state index is -1.79. The molecule has 10 unspecified atom stereocenters. The molecule has 0 bridgehead atoms. The van der Waals surface area contributed by atoms with Crippen molar-refractivity contribution in [2.75, 3.05) is 26.4 Å². The largest absolute Gasteiger partial charge is 0.394 e. The third-order valence-corrected chi connectivity index (χ3v) is 6.01. The molecule has 194 valence electrons. The van der Waals surface area contributed by atoms with E-state index in [1.54, 1.807) is 0 Å². The molecule has 3 aliphatic heterocycles. The Morgan fingerprint density at radius 1 is 0.697 bits per heavy atom. The maximum atomic E-state index is 10.6. The van der Waals surface area contributed by atoms with Crippen molar-refractivity contribution in [3.05, 3.63) is 0 Å². The lowest BCUT2D eigenvalue weighted by atomic mass is 9.97. The van der Waals surface area contributed by atoms with Crippen LogP contribution >= 0.6 is 0 Å². The average Bonchev–Trinajstić information content (AvgIpc) is 3.17. The molecule has 14 atom stereocenters. The summed E-state index contributed by atoms with van der Waals surface area (Å²) < 4.78 is 26.8. The Morgan fingerprint density at radius 3 is 1.88 bits per heavy atom. The van der Waals surface area contributed by atoms with Gasteiger partial charge in [-0.05, 0) is 0 Å². The Labute approximate surface area is 187 Å². The fourth-order valence-electron chi connectivity index (χ4n) is 4.02. The van der Waals surface area contributed by atoms with E-state index in [0.717, 1.165) is 0 Å². The van der Waals surface area contributed by atoms with Gasteiger partial charge in [0.1, 0.15) is 73.2 Å². The summed E-state index contributed by atoms with van der Waals surface area (Å²) in [6.07, 6.45) is -21.1. The van der Waals surface area contributed by atoms with Crippen LogP contribution in [-0.2, 0) is 23.7 Å². The van der Waals surface area contributed by atoms with Gasteiger partial charge in [0.25, 0.3) is 0 Å². The van der Waals surface area contributed by atoms with Crippen LogP contribution < -0.4 is 0 Å². The number of ether oxygens (including phenoxy) is 5. The van der Waals surface area contributed by atoms with Gasteiger partial charge in [-0.1, -0.05) is 0 Å². The Balaban J connectivity index is 1.66. The van der Waals surface area contributed by atoms with E-state index in [9.17, 15) is 46.0 Å². The van der Waals surface area contributed by atoms with Gasteiger partial charge in [-0.15, -0.1) is 0 Å². The molecule has 15 nitrogen and oxygen atoms in total. The Bertz CT molecular complexity index is 607. The van der Waals surface area contributed by atoms with Gasteiger partial charge in [-0.2, -0.15) is 0 Å². The first-order chi connectivity index (χ1) is 15.6. The highest BCUT2D eigenvalue weighted by Crippen LogP contribution is 2.31. The molecule has 0 amide bonds. The minimum Gasteiger partial charge on any atom is -0.394 e. The number of hydrogen-bond acceptors (Lipinski definition) is 15. The van der Waals surface area contributed by atoms with Crippen molar-refractivity contribution in [2.24, 2.45) is 0 Å². The summed E-state index contributed by atoms with van der Waals surface area (Å²) >= 11 is 0. The molecule has 15 heteroatoms. The van der Waals surface area contributed by atoms with Crippen LogP contribution in [0.4, 0.5) is 0 Å². The zero-order chi connectivity index (χ0) is 24.4. The molecule has 10 N–H and O–H groups in total. The summed E-state index contributed by atoms with van der Waals surface area (Å²) in [4.78, 5) is 0. The van der Waals surface area contributed by atoms with E-state index in [1.165, 1.54) is 0 Å². The van der Waals surface area contributed by atoms with Crippen LogP contribution in [-0.4, -0.2) is 163 Å². The third kappa shape index (κ3) is 5.48. The van der Waals surface area contributed by atoms with Crippen LogP contribution in [0.5, 0.6) is 0 Å². The molecule has 33 heavy (non-hydrogen) atoms. The van der Waals surface area contributed by atoms with Gasteiger partial charge >= 0.3 is 0 Å². The van der Waals surface area contributed by atoms with E-state index >= 15 is 0 Å². The molecule has 0 radical (unpaired) electrons. The lowest BCUT2D eigenvalue weighted by Crippen LogP contribution is -2.65. The predicted molar refractivity (Wildman–Crippen MR) is 100 cm³/mol. The molecule has 3 aliphatic rings. The van der Waals surface area contributed by atoms with Crippen LogP contribution in [0.3, 0.4) is 0 Å². The number of aliphatic hydroxyl groups is 10. The topological polar surface area (TPSA) is 248 Å². The first kappa shape index (κ1) is 27.0. The summed E-state index contributed by atoms with van der Waals surface area (Å²) in [7, 11) is 0. The highest BCUT2D eigenvalue weighted by atomic mass is 16.7. The molecule has 0 saturated carbocycles. The SMILES string of the molecule is OCC(O)C1OCC(O[C@@H]2OC(CO)[C@H](O[C@@H]3OC(CO)[C@@H](O)C(O)C3O)C(O)C2O)C1O. The molecule has 0 spiro atoms. The van der Waals surface area contributed by atoms with Crippen molar-refractivity contribution in [1.82, 2.24) is 0 Å². The van der Waals surface area contributed by atoms with Gasteiger partial charge in [-0.25, -0.2) is 0 Å². The smallest absolute Gasteiger partial charge is 0.187 e. The maximum absolute atomic E-state index is 10.6. The highest BCUT2D eigenvalue weighted by Gasteiger charge is 2.52. The van der Waals surface area contributed by atoms with Gasteiger partial charge in [0.05, 0.1) is 26.4 Å². The summed E-state index contributed by atoms with van der Waals surface area (Å²) in [6, 6.07) is 0. The zero-order valence-electron chi connectivity index (χ0n) is 17.4. The van der Waals surface area contributed by atoms with Crippen LogP contribution in [0.1, 0.15) is 0 Å². The quantitative estimate of drug-likeness (QED) is 0.152. The van der Waals surface area contributed by atoms with Crippen LogP contribution in [0, 0.1) is 0 Å². The average molecular weight is 488 g/mol. The van der Waals surface area contributed by atoms with Crippen molar-refractivity contribution in [3.8, 4) is 0 Å². The molecule has 3 saturated heterocycles. The van der Waals surface area contributed by atoms with Crippen LogP contribution in [0.15, 0.2) is 0 Å². The van der Waals surface area contributed by atoms with Gasteiger partial charge in [0.15, 0.2) is 12.6 Å². The standard InChI is InChI=1S/C18H32O15/c19-1-5(22)15-10(24)8(4-29-15)32-17-14(28)12(26)16(7(3-21)31-17)33-18-13(27)11(25)9(23)6(2-20)30-18/h5-28H,1-4H2/t5?,6?,7?,8?,9-,10?,11?,12?,13?,14?,15?,16+,17+,18+/m1/s1. The van der Waals surface area contributed by atoms with Crippen molar-refractivity contribution in [1.29, 1.82) is 0 Å². The first-order valence-corrected chi connectivity index (χ1v) is 10.5. The molecular formula is C18H32O15. The molecule has 3 heterocycles. The van der Waals surface area contributed by atoms with Crippen LogP contribution in [0.25, 0.3) is 0 Å². The third-order valence-electron chi connectivity index (χ3n) is 6.01.